The second-order valence-electron chi connectivity index (χ2n) is 5.74. The Kier molecular flexibility index (Phi) is 5.96. The second-order valence-corrected chi connectivity index (χ2v) is 7.35. The van der Waals surface area contributed by atoms with Crippen molar-refractivity contribution in [2.75, 3.05) is 5.32 Å². The van der Waals surface area contributed by atoms with Gasteiger partial charge in [0.1, 0.15) is 0 Å². The van der Waals surface area contributed by atoms with Crippen LogP contribution in [0.3, 0.4) is 0 Å². The minimum absolute atomic E-state index is 0.0657. The summed E-state index contributed by atoms with van der Waals surface area (Å²) in [6, 6.07) is 16.9. The highest BCUT2D eigenvalue weighted by Gasteiger charge is 2.22. The van der Waals surface area contributed by atoms with E-state index < -0.39 is 0 Å². The van der Waals surface area contributed by atoms with Crippen LogP contribution in [0.1, 0.15) is 13.3 Å². The summed E-state index contributed by atoms with van der Waals surface area (Å²) in [5.74, 6) is 0.713. The highest BCUT2D eigenvalue weighted by molar-refractivity contribution is 8.00. The summed E-state index contributed by atoms with van der Waals surface area (Å²) in [6.07, 6.45) is 0.678. The first kappa shape index (κ1) is 18.5. The van der Waals surface area contributed by atoms with Crippen LogP contribution in [0.25, 0.3) is 11.4 Å². The van der Waals surface area contributed by atoms with E-state index in [1.807, 2.05) is 48.9 Å². The number of nitrogens with one attached hydrogen (secondary N) is 1. The van der Waals surface area contributed by atoms with Crippen molar-refractivity contribution >= 4 is 35.0 Å². The molecule has 0 fully saturated rings. The van der Waals surface area contributed by atoms with Crippen LogP contribution in [0.2, 0.25) is 5.02 Å². The molecule has 1 aromatic heterocycles. The van der Waals surface area contributed by atoms with Crippen LogP contribution in [0, 0.1) is 0 Å². The number of benzene rings is 2. The topological polar surface area (TPSA) is 59.8 Å². The molecule has 7 heteroatoms. The van der Waals surface area contributed by atoms with Gasteiger partial charge in [-0.15, -0.1) is 10.2 Å². The van der Waals surface area contributed by atoms with Crippen LogP contribution in [0.5, 0.6) is 0 Å². The number of anilines is 1. The van der Waals surface area contributed by atoms with Gasteiger partial charge < -0.3 is 9.88 Å². The molecule has 1 atom stereocenters. The average molecular weight is 387 g/mol. The van der Waals surface area contributed by atoms with E-state index in [0.717, 1.165) is 17.1 Å². The summed E-state index contributed by atoms with van der Waals surface area (Å²) in [7, 11) is 1.91. The summed E-state index contributed by atoms with van der Waals surface area (Å²) in [6.45, 7) is 1.98. The zero-order chi connectivity index (χ0) is 18.5. The van der Waals surface area contributed by atoms with Crippen molar-refractivity contribution in [1.82, 2.24) is 14.8 Å². The molecule has 0 spiro atoms. The summed E-state index contributed by atoms with van der Waals surface area (Å²) in [5.41, 5.74) is 1.72. The Morgan fingerprint density at radius 3 is 2.50 bits per heavy atom. The fraction of sp³-hybridized carbons (Fsp3) is 0.211. The molecule has 26 heavy (non-hydrogen) atoms. The molecule has 2 aromatic carbocycles. The van der Waals surface area contributed by atoms with Crippen molar-refractivity contribution in [3.63, 3.8) is 0 Å². The highest BCUT2D eigenvalue weighted by atomic mass is 35.5. The van der Waals surface area contributed by atoms with Gasteiger partial charge >= 0.3 is 0 Å². The van der Waals surface area contributed by atoms with Gasteiger partial charge in [-0.1, -0.05) is 60.6 Å². The average Bonchev–Trinajstić information content (AvgIpc) is 3.02. The lowest BCUT2D eigenvalue weighted by molar-refractivity contribution is -0.115. The molecule has 1 amide bonds. The van der Waals surface area contributed by atoms with Crippen LogP contribution in [-0.2, 0) is 11.8 Å². The molecule has 5 nitrogen and oxygen atoms in total. The van der Waals surface area contributed by atoms with Crippen LogP contribution in [-0.4, -0.2) is 25.9 Å². The molecule has 0 saturated heterocycles. The number of halogens is 1. The Labute approximate surface area is 161 Å². The fourth-order valence-corrected chi connectivity index (χ4v) is 3.51. The van der Waals surface area contributed by atoms with Crippen molar-refractivity contribution in [3.8, 4) is 11.4 Å². The van der Waals surface area contributed by atoms with Crippen LogP contribution in [0.4, 0.5) is 5.69 Å². The van der Waals surface area contributed by atoms with Crippen LogP contribution >= 0.6 is 23.4 Å². The largest absolute Gasteiger partial charge is 0.325 e. The van der Waals surface area contributed by atoms with Gasteiger partial charge in [0, 0.05) is 23.3 Å². The third kappa shape index (κ3) is 4.26. The van der Waals surface area contributed by atoms with Crippen LogP contribution in [0.15, 0.2) is 59.8 Å². The zero-order valence-electron chi connectivity index (χ0n) is 14.5. The van der Waals surface area contributed by atoms with Crippen LogP contribution < -0.4 is 5.32 Å². The first-order valence-electron chi connectivity index (χ1n) is 8.26. The van der Waals surface area contributed by atoms with E-state index in [1.54, 1.807) is 24.3 Å². The Balaban J connectivity index is 1.73. The van der Waals surface area contributed by atoms with Crippen molar-refractivity contribution in [1.29, 1.82) is 0 Å². The number of amides is 1. The smallest absolute Gasteiger partial charge is 0.237 e. The molecule has 0 bridgehead atoms. The van der Waals surface area contributed by atoms with E-state index >= 15 is 0 Å². The molecule has 1 unspecified atom stereocenters. The summed E-state index contributed by atoms with van der Waals surface area (Å²) >= 11 is 7.29. The first-order chi connectivity index (χ1) is 12.6. The maximum absolute atomic E-state index is 12.6. The predicted molar refractivity (Wildman–Crippen MR) is 106 cm³/mol. The molecule has 0 saturated carbocycles. The molecular formula is C19H19ClN4OS. The van der Waals surface area contributed by atoms with Gasteiger partial charge in [0.2, 0.25) is 5.91 Å². The molecule has 3 rings (SSSR count). The summed E-state index contributed by atoms with van der Waals surface area (Å²) in [5, 5.41) is 12.5. The lowest BCUT2D eigenvalue weighted by Gasteiger charge is -2.14. The third-order valence-corrected chi connectivity index (χ3v) is 5.54. The number of hydrogen-bond acceptors (Lipinski definition) is 4. The van der Waals surface area contributed by atoms with E-state index in [2.05, 4.69) is 15.5 Å². The monoisotopic (exact) mass is 386 g/mol. The second kappa shape index (κ2) is 8.38. The maximum Gasteiger partial charge on any atom is 0.237 e. The molecular weight excluding hydrogens is 368 g/mol. The SMILES string of the molecule is CCC(Sc1nnc(-c2ccccc2)n1C)C(=O)Nc1ccc(Cl)cc1. The summed E-state index contributed by atoms with van der Waals surface area (Å²) < 4.78 is 1.91. The standard InChI is InChI=1S/C19H19ClN4OS/c1-3-16(18(25)21-15-11-9-14(20)10-12-15)26-19-23-22-17(24(19)2)13-7-5-4-6-8-13/h4-12,16H,3H2,1-2H3,(H,21,25). The van der Waals surface area contributed by atoms with Crippen molar-refractivity contribution in [3.05, 3.63) is 59.6 Å². The fourth-order valence-electron chi connectivity index (χ4n) is 2.46. The third-order valence-electron chi connectivity index (χ3n) is 3.89. The summed E-state index contributed by atoms with van der Waals surface area (Å²) in [4.78, 5) is 12.6. The number of nitrogens with zero attached hydrogens (tertiary/aromatic N) is 3. The Morgan fingerprint density at radius 2 is 1.85 bits per heavy atom. The van der Waals surface area contributed by atoms with E-state index in [0.29, 0.717) is 16.6 Å². The quantitative estimate of drug-likeness (QED) is 0.626. The van der Waals surface area contributed by atoms with Crippen molar-refractivity contribution < 1.29 is 4.79 Å². The van der Waals surface area contributed by atoms with Gasteiger partial charge in [-0.3, -0.25) is 4.79 Å². The highest BCUT2D eigenvalue weighted by Crippen LogP contribution is 2.28. The van der Waals surface area contributed by atoms with Gasteiger partial charge in [-0.05, 0) is 30.7 Å². The molecule has 0 radical (unpaired) electrons. The zero-order valence-corrected chi connectivity index (χ0v) is 16.1. The van der Waals surface area contributed by atoms with E-state index in [-0.39, 0.29) is 11.2 Å². The van der Waals surface area contributed by atoms with E-state index in [4.69, 9.17) is 11.6 Å². The van der Waals surface area contributed by atoms with Crippen molar-refractivity contribution in [2.45, 2.75) is 23.8 Å². The Bertz CT molecular complexity index is 880. The van der Waals surface area contributed by atoms with Gasteiger partial charge in [0.25, 0.3) is 0 Å². The molecule has 0 aliphatic rings. The number of aromatic nitrogens is 3. The minimum Gasteiger partial charge on any atom is -0.325 e. The minimum atomic E-state index is -0.266. The molecule has 134 valence electrons. The Morgan fingerprint density at radius 1 is 1.15 bits per heavy atom. The molecule has 0 aliphatic carbocycles. The molecule has 0 aliphatic heterocycles. The molecule has 1 heterocycles. The number of carbonyl (C=O) groups excluding carboxylic acids is 1. The lowest BCUT2D eigenvalue weighted by Crippen LogP contribution is -2.25. The van der Waals surface area contributed by atoms with Crippen molar-refractivity contribution in [2.24, 2.45) is 7.05 Å². The van der Waals surface area contributed by atoms with E-state index in [9.17, 15) is 4.79 Å². The maximum atomic E-state index is 12.6. The van der Waals surface area contributed by atoms with E-state index in [1.165, 1.54) is 11.8 Å². The van der Waals surface area contributed by atoms with Gasteiger partial charge in [-0.25, -0.2) is 0 Å². The van der Waals surface area contributed by atoms with Gasteiger partial charge in [0.15, 0.2) is 11.0 Å². The number of carbonyl (C=O) groups is 1. The molecule has 3 aromatic rings. The Hall–Kier alpha value is -2.31. The van der Waals surface area contributed by atoms with Gasteiger partial charge in [-0.2, -0.15) is 0 Å². The predicted octanol–water partition coefficient (Wildman–Crippen LogP) is 4.64. The normalized spacial score (nSPS) is 12.0. The van der Waals surface area contributed by atoms with Gasteiger partial charge in [0.05, 0.1) is 5.25 Å². The first-order valence-corrected chi connectivity index (χ1v) is 9.52. The number of thioether (sulfide) groups is 1. The lowest BCUT2D eigenvalue weighted by atomic mass is 10.2. The number of hydrogen-bond donors (Lipinski definition) is 1. The molecule has 1 N–H and O–H groups in total. The number of rotatable bonds is 6.